The van der Waals surface area contributed by atoms with E-state index in [0.717, 1.165) is 5.56 Å². The van der Waals surface area contributed by atoms with Crippen LogP contribution in [0, 0.1) is 10.1 Å². The maximum absolute atomic E-state index is 11.0. The number of hydroxylamine groups is 2. The second-order valence-corrected chi connectivity index (χ2v) is 4.06. The average molecular weight is 243 g/mol. The van der Waals surface area contributed by atoms with Crippen LogP contribution in [-0.2, 0) is 4.84 Å². The molecule has 0 radical (unpaired) electrons. The van der Waals surface area contributed by atoms with Crippen LogP contribution in [0.2, 0.25) is 0 Å². The lowest BCUT2D eigenvalue weighted by Crippen LogP contribution is -2.32. The average Bonchev–Trinajstić information content (AvgIpc) is 2.55. The topological polar surface area (TPSA) is 55.6 Å². The zero-order chi connectivity index (χ0) is 11.7. The van der Waals surface area contributed by atoms with Crippen LogP contribution in [0.1, 0.15) is 11.6 Å². The number of hydrogen-bond acceptors (Lipinski definition) is 4. The van der Waals surface area contributed by atoms with Crippen molar-refractivity contribution in [3.63, 3.8) is 0 Å². The first kappa shape index (κ1) is 11.3. The van der Waals surface area contributed by atoms with E-state index in [1.54, 1.807) is 7.05 Å². The minimum Gasteiger partial charge on any atom is -0.272 e. The first-order valence-corrected chi connectivity index (χ1v) is 5.27. The number of alkyl halides is 1. The van der Waals surface area contributed by atoms with Gasteiger partial charge in [-0.15, -0.1) is 0 Å². The van der Waals surface area contributed by atoms with Crippen molar-refractivity contribution < 1.29 is 9.76 Å². The molecule has 0 N–H and O–H groups in total. The molecular weight excluding hydrogens is 232 g/mol. The molecule has 1 aliphatic heterocycles. The number of nitro groups is 1. The summed E-state index contributed by atoms with van der Waals surface area (Å²) in [6.45, 7) is 0. The molecule has 0 spiro atoms. The Labute approximate surface area is 97.7 Å². The maximum atomic E-state index is 11.0. The SMILES string of the molecule is CN1OC(Cl)C([N+](=O)[O-])C1c1ccccc1. The first-order chi connectivity index (χ1) is 7.61. The van der Waals surface area contributed by atoms with Gasteiger partial charge in [0.15, 0.2) is 0 Å². The summed E-state index contributed by atoms with van der Waals surface area (Å²) in [5.41, 5.74) is -0.0972. The maximum Gasteiger partial charge on any atom is 0.276 e. The van der Waals surface area contributed by atoms with Gasteiger partial charge in [-0.05, 0) is 5.56 Å². The molecule has 16 heavy (non-hydrogen) atoms. The monoisotopic (exact) mass is 242 g/mol. The summed E-state index contributed by atoms with van der Waals surface area (Å²) >= 11 is 5.81. The van der Waals surface area contributed by atoms with Crippen molar-refractivity contribution in [3.05, 3.63) is 46.0 Å². The summed E-state index contributed by atoms with van der Waals surface area (Å²) in [5, 5.41) is 12.4. The molecule has 2 rings (SSSR count). The lowest BCUT2D eigenvalue weighted by Gasteiger charge is -2.17. The standard InChI is InChI=1S/C10H11ClN2O3/c1-12-8(7-5-3-2-4-6-7)9(13(14)15)10(11)16-12/h2-6,8-10H,1H3. The van der Waals surface area contributed by atoms with Crippen molar-refractivity contribution >= 4 is 11.6 Å². The number of nitrogens with zero attached hydrogens (tertiary/aromatic N) is 2. The molecule has 86 valence electrons. The molecule has 1 aliphatic rings. The van der Waals surface area contributed by atoms with Gasteiger partial charge in [0.2, 0.25) is 5.56 Å². The largest absolute Gasteiger partial charge is 0.276 e. The summed E-state index contributed by atoms with van der Waals surface area (Å²) in [6, 6.07) is 7.79. The van der Waals surface area contributed by atoms with E-state index in [-0.39, 0.29) is 0 Å². The lowest BCUT2D eigenvalue weighted by molar-refractivity contribution is -0.526. The van der Waals surface area contributed by atoms with Crippen molar-refractivity contribution in [2.45, 2.75) is 17.6 Å². The summed E-state index contributed by atoms with van der Waals surface area (Å²) in [5.74, 6) is 0. The summed E-state index contributed by atoms with van der Waals surface area (Å²) in [7, 11) is 1.65. The van der Waals surface area contributed by atoms with Crippen LogP contribution in [0.3, 0.4) is 0 Å². The van der Waals surface area contributed by atoms with E-state index >= 15 is 0 Å². The molecule has 1 fully saturated rings. The summed E-state index contributed by atoms with van der Waals surface area (Å²) in [6.07, 6.45) is 0. The molecule has 0 aliphatic carbocycles. The number of benzene rings is 1. The van der Waals surface area contributed by atoms with Crippen molar-refractivity contribution in [1.82, 2.24) is 5.06 Å². The van der Waals surface area contributed by atoms with Gasteiger partial charge in [-0.3, -0.25) is 15.0 Å². The molecule has 0 aromatic heterocycles. The Morgan fingerprint density at radius 3 is 2.62 bits per heavy atom. The first-order valence-electron chi connectivity index (χ1n) is 4.83. The van der Waals surface area contributed by atoms with E-state index in [0.29, 0.717) is 0 Å². The highest BCUT2D eigenvalue weighted by Crippen LogP contribution is 2.36. The van der Waals surface area contributed by atoms with Crippen LogP contribution in [0.5, 0.6) is 0 Å². The summed E-state index contributed by atoms with van der Waals surface area (Å²) in [4.78, 5) is 15.7. The third-order valence-electron chi connectivity index (χ3n) is 2.64. The van der Waals surface area contributed by atoms with E-state index in [1.807, 2.05) is 30.3 Å². The number of likely N-dealkylation sites (N-methyl/N-ethyl adjacent to an activating group) is 1. The Hall–Kier alpha value is -1.17. The van der Waals surface area contributed by atoms with Gasteiger partial charge in [-0.25, -0.2) is 0 Å². The highest BCUT2D eigenvalue weighted by molar-refractivity contribution is 6.20. The number of rotatable bonds is 2. The van der Waals surface area contributed by atoms with Crippen LogP contribution in [0.15, 0.2) is 30.3 Å². The van der Waals surface area contributed by atoms with Gasteiger partial charge in [0.1, 0.15) is 6.04 Å². The van der Waals surface area contributed by atoms with Crippen LogP contribution in [-0.4, -0.2) is 28.6 Å². The molecule has 1 aromatic carbocycles. The Bertz CT molecular complexity index is 387. The van der Waals surface area contributed by atoms with Crippen LogP contribution in [0.4, 0.5) is 0 Å². The van der Waals surface area contributed by atoms with Crippen molar-refractivity contribution in [2.24, 2.45) is 0 Å². The minimum absolute atomic E-state index is 0.390. The number of halogens is 1. The molecule has 3 unspecified atom stereocenters. The Kier molecular flexibility index (Phi) is 3.09. The van der Waals surface area contributed by atoms with Crippen LogP contribution < -0.4 is 0 Å². The molecule has 6 heteroatoms. The molecule has 1 aromatic rings. The Morgan fingerprint density at radius 1 is 1.44 bits per heavy atom. The predicted octanol–water partition coefficient (Wildman–Crippen LogP) is 1.81. The van der Waals surface area contributed by atoms with E-state index in [2.05, 4.69) is 0 Å². The molecule has 1 saturated heterocycles. The van der Waals surface area contributed by atoms with Crippen molar-refractivity contribution in [3.8, 4) is 0 Å². The zero-order valence-corrected chi connectivity index (χ0v) is 9.37. The smallest absolute Gasteiger partial charge is 0.272 e. The van der Waals surface area contributed by atoms with Gasteiger partial charge in [0.25, 0.3) is 6.04 Å². The lowest BCUT2D eigenvalue weighted by atomic mass is 10.0. The van der Waals surface area contributed by atoms with E-state index in [4.69, 9.17) is 16.4 Å². The van der Waals surface area contributed by atoms with E-state index in [1.165, 1.54) is 5.06 Å². The quantitative estimate of drug-likeness (QED) is 0.451. The predicted molar refractivity (Wildman–Crippen MR) is 58.5 cm³/mol. The van der Waals surface area contributed by atoms with Gasteiger partial charge in [0.05, 0.1) is 0 Å². The molecule has 0 amide bonds. The highest BCUT2D eigenvalue weighted by atomic mass is 35.5. The van der Waals surface area contributed by atoms with Gasteiger partial charge in [-0.1, -0.05) is 41.9 Å². The van der Waals surface area contributed by atoms with Gasteiger partial charge in [-0.2, -0.15) is 5.06 Å². The minimum atomic E-state index is -0.950. The fourth-order valence-electron chi connectivity index (χ4n) is 1.91. The fourth-order valence-corrected chi connectivity index (χ4v) is 2.27. The third kappa shape index (κ3) is 1.89. The second-order valence-electron chi connectivity index (χ2n) is 3.63. The molecule has 0 bridgehead atoms. The van der Waals surface area contributed by atoms with Crippen molar-refractivity contribution in [2.75, 3.05) is 7.05 Å². The van der Waals surface area contributed by atoms with Crippen LogP contribution >= 0.6 is 11.6 Å². The second kappa shape index (κ2) is 4.37. The molecule has 1 heterocycles. The van der Waals surface area contributed by atoms with Crippen molar-refractivity contribution in [1.29, 1.82) is 0 Å². The molecular formula is C10H11ClN2O3. The Morgan fingerprint density at radius 2 is 2.06 bits per heavy atom. The normalized spacial score (nSPS) is 30.5. The molecule has 5 nitrogen and oxygen atoms in total. The zero-order valence-electron chi connectivity index (χ0n) is 8.62. The third-order valence-corrected chi connectivity index (χ3v) is 2.97. The van der Waals surface area contributed by atoms with Gasteiger partial charge >= 0.3 is 0 Å². The van der Waals surface area contributed by atoms with Gasteiger partial charge in [0, 0.05) is 12.0 Å². The summed E-state index contributed by atoms with van der Waals surface area (Å²) < 4.78 is 0. The van der Waals surface area contributed by atoms with Crippen LogP contribution in [0.25, 0.3) is 0 Å². The number of hydrogen-bond donors (Lipinski definition) is 0. The molecule has 3 atom stereocenters. The van der Waals surface area contributed by atoms with E-state index in [9.17, 15) is 10.1 Å². The van der Waals surface area contributed by atoms with Gasteiger partial charge < -0.3 is 0 Å². The highest BCUT2D eigenvalue weighted by Gasteiger charge is 2.50. The van der Waals surface area contributed by atoms with E-state index < -0.39 is 22.6 Å². The molecule has 0 saturated carbocycles. The Balaban J connectivity index is 2.34. The fraction of sp³-hybridized carbons (Fsp3) is 0.400.